The maximum atomic E-state index is 13.4. The minimum absolute atomic E-state index is 0.546. The normalized spacial score (nSPS) is 20.6. The van der Waals surface area contributed by atoms with E-state index in [9.17, 15) is 8.78 Å². The number of benzene rings is 2. The Morgan fingerprint density at radius 1 is 0.960 bits per heavy atom. The zero-order chi connectivity index (χ0) is 17.6. The first-order valence-corrected chi connectivity index (χ1v) is 11.7. The fraction of sp³-hybridized carbons (Fsp3) is 0.429. The minimum Gasteiger partial charge on any atom is -0.385 e. The largest absolute Gasteiger partial charge is 0.385 e. The standard InChI is InChI=1S/C21H26F2OSi/c1-24-11-2-12-25-13-9-18(10-14-25)16-3-5-17(6-4-16)19-7-8-20(22)21(23)15-19/h3-8,15,18,25H,2,9-14H2,1H3/t18-,25-. The van der Waals surface area contributed by atoms with Crippen LogP contribution in [0.1, 0.15) is 30.7 Å². The van der Waals surface area contributed by atoms with E-state index >= 15 is 0 Å². The highest BCUT2D eigenvalue weighted by molar-refractivity contribution is 6.59. The predicted octanol–water partition coefficient (Wildman–Crippen LogP) is 5.77. The molecular weight excluding hydrogens is 334 g/mol. The Morgan fingerprint density at radius 3 is 2.28 bits per heavy atom. The molecule has 1 heterocycles. The summed E-state index contributed by atoms with van der Waals surface area (Å²) in [7, 11) is 1.23. The van der Waals surface area contributed by atoms with E-state index in [2.05, 4.69) is 12.1 Å². The molecular formula is C21H26F2OSi. The van der Waals surface area contributed by atoms with Crippen LogP contribution in [0.3, 0.4) is 0 Å². The maximum absolute atomic E-state index is 13.4. The van der Waals surface area contributed by atoms with Gasteiger partial charge in [0.2, 0.25) is 0 Å². The van der Waals surface area contributed by atoms with E-state index in [0.717, 1.165) is 17.7 Å². The average molecular weight is 361 g/mol. The molecule has 1 aliphatic heterocycles. The van der Waals surface area contributed by atoms with E-state index in [1.807, 2.05) is 12.1 Å². The van der Waals surface area contributed by atoms with Gasteiger partial charge in [0.1, 0.15) is 0 Å². The first-order valence-electron chi connectivity index (χ1n) is 9.21. The van der Waals surface area contributed by atoms with Crippen LogP contribution in [-0.2, 0) is 4.74 Å². The molecule has 1 aliphatic rings. The van der Waals surface area contributed by atoms with Gasteiger partial charge in [0.05, 0.1) is 0 Å². The summed E-state index contributed by atoms with van der Waals surface area (Å²) in [5.41, 5.74) is 3.04. The number of methoxy groups -OCH3 is 1. The molecule has 0 N–H and O–H groups in total. The van der Waals surface area contributed by atoms with E-state index in [-0.39, 0.29) is 0 Å². The van der Waals surface area contributed by atoms with E-state index in [1.54, 1.807) is 13.2 Å². The Balaban J connectivity index is 1.59. The van der Waals surface area contributed by atoms with Crippen LogP contribution in [0, 0.1) is 11.6 Å². The van der Waals surface area contributed by atoms with Crippen molar-refractivity contribution in [2.24, 2.45) is 0 Å². The van der Waals surface area contributed by atoms with Gasteiger partial charge in [-0.3, -0.25) is 0 Å². The summed E-state index contributed by atoms with van der Waals surface area (Å²) >= 11 is 0. The van der Waals surface area contributed by atoms with Gasteiger partial charge in [-0.1, -0.05) is 48.5 Å². The van der Waals surface area contributed by atoms with Crippen molar-refractivity contribution >= 4 is 8.80 Å². The summed E-state index contributed by atoms with van der Waals surface area (Å²) in [5, 5.41) is 0. The molecule has 0 saturated carbocycles. The number of ether oxygens (including phenoxy) is 1. The molecule has 3 rings (SSSR count). The molecule has 1 nitrogen and oxygen atoms in total. The summed E-state index contributed by atoms with van der Waals surface area (Å²) in [4.78, 5) is 0. The molecule has 2 aromatic rings. The van der Waals surface area contributed by atoms with Gasteiger partial charge in [-0.25, -0.2) is 8.78 Å². The number of hydrogen-bond donors (Lipinski definition) is 0. The van der Waals surface area contributed by atoms with Gasteiger partial charge in [0, 0.05) is 22.5 Å². The smallest absolute Gasteiger partial charge is 0.159 e. The Labute approximate surface area is 150 Å². The predicted molar refractivity (Wildman–Crippen MR) is 102 cm³/mol. The summed E-state index contributed by atoms with van der Waals surface area (Å²) in [5.74, 6) is -0.935. The monoisotopic (exact) mass is 360 g/mol. The lowest BCUT2D eigenvalue weighted by Gasteiger charge is -2.28. The van der Waals surface area contributed by atoms with Crippen molar-refractivity contribution in [3.05, 3.63) is 59.7 Å². The van der Waals surface area contributed by atoms with Crippen molar-refractivity contribution in [2.75, 3.05) is 13.7 Å². The number of halogens is 2. The van der Waals surface area contributed by atoms with Gasteiger partial charge >= 0.3 is 0 Å². The molecule has 134 valence electrons. The molecule has 0 atom stereocenters. The number of rotatable bonds is 6. The molecule has 1 saturated heterocycles. The van der Waals surface area contributed by atoms with Crippen LogP contribution in [0.2, 0.25) is 18.1 Å². The van der Waals surface area contributed by atoms with Crippen LogP contribution in [0.15, 0.2) is 42.5 Å². The third kappa shape index (κ3) is 4.76. The highest BCUT2D eigenvalue weighted by Crippen LogP contribution is 2.35. The molecule has 0 aliphatic carbocycles. The summed E-state index contributed by atoms with van der Waals surface area (Å²) in [6, 6.07) is 16.7. The molecule has 0 radical (unpaired) electrons. The lowest BCUT2D eigenvalue weighted by molar-refractivity contribution is 0.199. The second kappa shape index (κ2) is 8.72. The van der Waals surface area contributed by atoms with E-state index in [1.165, 1.54) is 55.1 Å². The maximum Gasteiger partial charge on any atom is 0.159 e. The summed E-state index contributed by atoms with van der Waals surface area (Å²) in [6.45, 7) is 0.901. The topological polar surface area (TPSA) is 9.23 Å². The highest BCUT2D eigenvalue weighted by atomic mass is 28.3. The Morgan fingerprint density at radius 2 is 1.64 bits per heavy atom. The first kappa shape index (κ1) is 18.3. The molecule has 1 fully saturated rings. The SMILES string of the molecule is COCCC[Si@H]1CC[C@H](c2ccc(-c3ccc(F)c(F)c3)cc2)CC1. The molecule has 2 aromatic carbocycles. The average Bonchev–Trinajstić information content (AvgIpc) is 2.65. The van der Waals surface area contributed by atoms with Gasteiger partial charge in [0.25, 0.3) is 0 Å². The van der Waals surface area contributed by atoms with Gasteiger partial charge in [-0.15, -0.1) is 0 Å². The summed E-state index contributed by atoms with van der Waals surface area (Å²) in [6.07, 6.45) is 3.82. The van der Waals surface area contributed by atoms with Crippen LogP contribution in [0.4, 0.5) is 8.78 Å². The van der Waals surface area contributed by atoms with Gasteiger partial charge < -0.3 is 4.74 Å². The third-order valence-electron chi connectivity index (χ3n) is 5.44. The molecule has 0 spiro atoms. The first-order chi connectivity index (χ1) is 12.2. The lowest BCUT2D eigenvalue weighted by atomic mass is 9.92. The second-order valence-electron chi connectivity index (χ2n) is 7.10. The molecule has 4 heteroatoms. The van der Waals surface area contributed by atoms with Crippen LogP contribution >= 0.6 is 0 Å². The van der Waals surface area contributed by atoms with E-state index in [4.69, 9.17) is 4.74 Å². The summed E-state index contributed by atoms with van der Waals surface area (Å²) < 4.78 is 31.6. The van der Waals surface area contributed by atoms with Crippen molar-refractivity contribution < 1.29 is 13.5 Å². The van der Waals surface area contributed by atoms with Crippen LogP contribution in [0.25, 0.3) is 11.1 Å². The van der Waals surface area contributed by atoms with Crippen molar-refractivity contribution in [1.82, 2.24) is 0 Å². The van der Waals surface area contributed by atoms with Crippen molar-refractivity contribution in [1.29, 1.82) is 0 Å². The Hall–Kier alpha value is -1.52. The van der Waals surface area contributed by atoms with Gasteiger partial charge in [0.15, 0.2) is 11.6 Å². The Bertz CT molecular complexity index is 679. The van der Waals surface area contributed by atoms with Gasteiger partial charge in [-0.2, -0.15) is 0 Å². The molecule has 0 bridgehead atoms. The zero-order valence-corrected chi connectivity index (χ0v) is 16.0. The van der Waals surface area contributed by atoms with E-state index < -0.39 is 20.4 Å². The minimum atomic E-state index is -0.799. The quantitative estimate of drug-likeness (QED) is 0.469. The molecule has 0 aromatic heterocycles. The molecule has 25 heavy (non-hydrogen) atoms. The third-order valence-corrected chi connectivity index (χ3v) is 8.97. The number of hydrogen-bond acceptors (Lipinski definition) is 1. The van der Waals surface area contributed by atoms with Crippen LogP contribution < -0.4 is 0 Å². The molecule has 0 unspecified atom stereocenters. The second-order valence-corrected chi connectivity index (χ2v) is 10.6. The van der Waals surface area contributed by atoms with Crippen molar-refractivity contribution in [3.63, 3.8) is 0 Å². The fourth-order valence-electron chi connectivity index (χ4n) is 3.92. The Kier molecular flexibility index (Phi) is 6.38. The van der Waals surface area contributed by atoms with Crippen molar-refractivity contribution in [3.8, 4) is 11.1 Å². The van der Waals surface area contributed by atoms with Gasteiger partial charge in [-0.05, 0) is 54.0 Å². The molecule has 0 amide bonds. The van der Waals surface area contributed by atoms with E-state index in [0.29, 0.717) is 5.92 Å². The van der Waals surface area contributed by atoms with Crippen LogP contribution in [-0.4, -0.2) is 22.5 Å². The zero-order valence-electron chi connectivity index (χ0n) is 14.8. The van der Waals surface area contributed by atoms with Crippen LogP contribution in [0.5, 0.6) is 0 Å². The van der Waals surface area contributed by atoms with Crippen molar-refractivity contribution in [2.45, 2.75) is 43.3 Å². The highest BCUT2D eigenvalue weighted by Gasteiger charge is 2.23. The fourth-order valence-corrected chi connectivity index (χ4v) is 7.28. The lowest BCUT2D eigenvalue weighted by Crippen LogP contribution is -2.20.